The fourth-order valence-electron chi connectivity index (χ4n) is 1.95. The maximum absolute atomic E-state index is 4.35. The average Bonchev–Trinajstić information content (AvgIpc) is 2.99. The highest BCUT2D eigenvalue weighted by atomic mass is 14.7. The van der Waals surface area contributed by atoms with Crippen molar-refractivity contribution in [1.82, 2.24) is 4.98 Å². The molecule has 0 spiro atoms. The Bertz CT molecular complexity index is 512. The van der Waals surface area contributed by atoms with Gasteiger partial charge in [-0.2, -0.15) is 0 Å². The van der Waals surface area contributed by atoms with Gasteiger partial charge in [0, 0.05) is 11.8 Å². The van der Waals surface area contributed by atoms with Crippen molar-refractivity contribution in [2.45, 2.75) is 34.1 Å². The number of pyridine rings is 1. The molecule has 100 valence electrons. The minimum absolute atomic E-state index is 1.05. The first-order valence-corrected chi connectivity index (χ1v) is 7.14. The second-order valence-electron chi connectivity index (χ2n) is 3.74. The molecule has 0 bridgehead atoms. The number of nitrogens with zero attached hydrogens (tertiary/aromatic N) is 1. The van der Waals surface area contributed by atoms with Gasteiger partial charge in [0.05, 0.1) is 5.69 Å². The van der Waals surface area contributed by atoms with Gasteiger partial charge >= 0.3 is 0 Å². The van der Waals surface area contributed by atoms with Gasteiger partial charge < -0.3 is 0 Å². The van der Waals surface area contributed by atoms with Crippen LogP contribution in [0.1, 0.15) is 38.8 Å². The lowest BCUT2D eigenvalue weighted by Gasteiger charge is -2.03. The van der Waals surface area contributed by atoms with E-state index in [1.54, 1.807) is 0 Å². The predicted octanol–water partition coefficient (Wildman–Crippen LogP) is 5.37. The van der Waals surface area contributed by atoms with Gasteiger partial charge in [0.2, 0.25) is 0 Å². The van der Waals surface area contributed by atoms with E-state index in [4.69, 9.17) is 0 Å². The van der Waals surface area contributed by atoms with Crippen molar-refractivity contribution in [3.8, 4) is 11.3 Å². The second kappa shape index (κ2) is 8.25. The maximum Gasteiger partial charge on any atom is 0.0702 e. The third-order valence-electron chi connectivity index (χ3n) is 2.74. The van der Waals surface area contributed by atoms with Gasteiger partial charge in [0.15, 0.2) is 0 Å². The maximum atomic E-state index is 4.35. The molecule has 3 rings (SSSR count). The van der Waals surface area contributed by atoms with Crippen molar-refractivity contribution >= 4 is 6.08 Å². The number of aromatic nitrogens is 1. The molecule has 19 heavy (non-hydrogen) atoms. The summed E-state index contributed by atoms with van der Waals surface area (Å²) in [5.74, 6) is 0. The molecule has 0 N–H and O–H groups in total. The number of benzene rings is 1. The fourth-order valence-corrected chi connectivity index (χ4v) is 1.95. The van der Waals surface area contributed by atoms with Crippen LogP contribution in [-0.2, 0) is 6.42 Å². The molecule has 0 aliphatic heterocycles. The first-order chi connectivity index (χ1) is 9.43. The first-order valence-electron chi connectivity index (χ1n) is 7.14. The van der Waals surface area contributed by atoms with E-state index in [0.29, 0.717) is 0 Å². The van der Waals surface area contributed by atoms with Gasteiger partial charge in [-0.3, -0.25) is 4.98 Å². The van der Waals surface area contributed by atoms with Crippen LogP contribution in [0.25, 0.3) is 17.3 Å². The summed E-state index contributed by atoms with van der Waals surface area (Å²) >= 11 is 0. The minimum atomic E-state index is 1.05. The smallest absolute Gasteiger partial charge is 0.0702 e. The molecule has 0 fully saturated rings. The third kappa shape index (κ3) is 3.78. The van der Waals surface area contributed by atoms with Crippen molar-refractivity contribution in [3.63, 3.8) is 0 Å². The molecule has 0 saturated carbocycles. The van der Waals surface area contributed by atoms with Crippen LogP contribution in [0.2, 0.25) is 0 Å². The lowest BCUT2D eigenvalue weighted by atomic mass is 10.0. The Morgan fingerprint density at radius 1 is 0.947 bits per heavy atom. The van der Waals surface area contributed by atoms with E-state index in [2.05, 4.69) is 35.3 Å². The van der Waals surface area contributed by atoms with Gasteiger partial charge in [-0.25, -0.2) is 0 Å². The van der Waals surface area contributed by atoms with Gasteiger partial charge in [-0.1, -0.05) is 58.0 Å². The van der Waals surface area contributed by atoms with E-state index in [1.165, 1.54) is 16.7 Å². The van der Waals surface area contributed by atoms with E-state index in [9.17, 15) is 0 Å². The largest absolute Gasteiger partial charge is 0.256 e. The van der Waals surface area contributed by atoms with Crippen molar-refractivity contribution in [2.24, 2.45) is 0 Å². The molecule has 1 aliphatic carbocycles. The zero-order chi connectivity index (χ0) is 14.1. The Balaban J connectivity index is 0.000000415. The van der Waals surface area contributed by atoms with E-state index in [1.807, 2.05) is 52.1 Å². The number of hydrogen-bond donors (Lipinski definition) is 0. The average molecular weight is 253 g/mol. The summed E-state index contributed by atoms with van der Waals surface area (Å²) in [5.41, 5.74) is 5.00. The zero-order valence-corrected chi connectivity index (χ0v) is 12.4. The van der Waals surface area contributed by atoms with Gasteiger partial charge in [0.1, 0.15) is 0 Å². The van der Waals surface area contributed by atoms with Crippen molar-refractivity contribution in [1.29, 1.82) is 0 Å². The number of fused-ring (bicyclic) bond motifs is 1. The van der Waals surface area contributed by atoms with Crippen molar-refractivity contribution in [3.05, 3.63) is 59.8 Å². The summed E-state index contributed by atoms with van der Waals surface area (Å²) in [6.07, 6.45) is 7.27. The van der Waals surface area contributed by atoms with Crippen LogP contribution in [0, 0.1) is 0 Å². The Morgan fingerprint density at radius 3 is 2.42 bits per heavy atom. The Morgan fingerprint density at radius 2 is 1.74 bits per heavy atom. The van der Waals surface area contributed by atoms with Crippen LogP contribution < -0.4 is 0 Å². The molecule has 0 unspecified atom stereocenters. The molecular formula is C18H23N. The molecule has 0 atom stereocenters. The topological polar surface area (TPSA) is 12.9 Å². The molecule has 0 saturated heterocycles. The molecule has 1 aromatic carbocycles. The molecule has 1 aromatic heterocycles. The van der Waals surface area contributed by atoms with Crippen LogP contribution in [0.5, 0.6) is 0 Å². The van der Waals surface area contributed by atoms with Gasteiger partial charge in [0.25, 0.3) is 0 Å². The van der Waals surface area contributed by atoms with Gasteiger partial charge in [-0.05, 0) is 35.7 Å². The summed E-state index contributed by atoms with van der Waals surface area (Å²) < 4.78 is 0. The Labute approximate surface area is 117 Å². The van der Waals surface area contributed by atoms with Crippen LogP contribution in [-0.4, -0.2) is 4.98 Å². The highest BCUT2D eigenvalue weighted by Gasteiger charge is 2.06. The summed E-state index contributed by atoms with van der Waals surface area (Å²) in [5, 5.41) is 0. The number of hydrogen-bond acceptors (Lipinski definition) is 1. The predicted molar refractivity (Wildman–Crippen MR) is 85.1 cm³/mol. The molecule has 0 amide bonds. The number of rotatable bonds is 1. The van der Waals surface area contributed by atoms with Crippen LogP contribution in [0.3, 0.4) is 0 Å². The number of allylic oxidation sites excluding steroid dienone is 1. The molecule has 0 radical (unpaired) electrons. The Hall–Kier alpha value is -1.89. The second-order valence-corrected chi connectivity index (χ2v) is 3.74. The van der Waals surface area contributed by atoms with E-state index >= 15 is 0 Å². The van der Waals surface area contributed by atoms with E-state index in [0.717, 1.165) is 12.1 Å². The monoisotopic (exact) mass is 253 g/mol. The van der Waals surface area contributed by atoms with Crippen LogP contribution in [0.4, 0.5) is 0 Å². The standard InChI is InChI=1S/C14H11N.2C2H6/c1-2-9-15-14(6-1)13-8-7-11-4-3-5-12(11)10-13;2*1-2/h1-4,6-10H,5H2;2*1-2H3. The highest BCUT2D eigenvalue weighted by Crippen LogP contribution is 2.25. The summed E-state index contributed by atoms with van der Waals surface area (Å²) in [4.78, 5) is 4.35. The third-order valence-corrected chi connectivity index (χ3v) is 2.74. The zero-order valence-electron chi connectivity index (χ0n) is 12.4. The molecule has 1 heterocycles. The molecular weight excluding hydrogens is 230 g/mol. The van der Waals surface area contributed by atoms with E-state index in [-0.39, 0.29) is 0 Å². The summed E-state index contributed by atoms with van der Waals surface area (Å²) in [6.45, 7) is 8.00. The molecule has 1 heteroatoms. The molecule has 1 nitrogen and oxygen atoms in total. The highest BCUT2D eigenvalue weighted by molar-refractivity contribution is 5.68. The van der Waals surface area contributed by atoms with Crippen molar-refractivity contribution in [2.75, 3.05) is 0 Å². The normalized spacial score (nSPS) is 10.7. The fraction of sp³-hybridized carbons (Fsp3) is 0.278. The Kier molecular flexibility index (Phi) is 6.59. The molecule has 2 aromatic rings. The quantitative estimate of drug-likeness (QED) is 0.665. The summed E-state index contributed by atoms with van der Waals surface area (Å²) in [6, 6.07) is 12.5. The van der Waals surface area contributed by atoms with Gasteiger partial charge in [-0.15, -0.1) is 0 Å². The van der Waals surface area contributed by atoms with Crippen LogP contribution in [0.15, 0.2) is 48.7 Å². The van der Waals surface area contributed by atoms with E-state index < -0.39 is 0 Å². The van der Waals surface area contributed by atoms with Crippen LogP contribution >= 0.6 is 0 Å². The SMILES string of the molecule is C1=Cc2ccc(-c3ccccn3)cc2C1.CC.CC. The lowest BCUT2D eigenvalue weighted by molar-refractivity contribution is 1.28. The minimum Gasteiger partial charge on any atom is -0.256 e. The lowest BCUT2D eigenvalue weighted by Crippen LogP contribution is -1.86. The van der Waals surface area contributed by atoms with Crippen molar-refractivity contribution < 1.29 is 0 Å². The summed E-state index contributed by atoms with van der Waals surface area (Å²) in [7, 11) is 0. The molecule has 1 aliphatic rings. The first kappa shape index (κ1) is 15.2.